The topological polar surface area (TPSA) is 90.7 Å². The van der Waals surface area contributed by atoms with Gasteiger partial charge < -0.3 is 19.3 Å². The van der Waals surface area contributed by atoms with Gasteiger partial charge in [0.1, 0.15) is 17.2 Å². The predicted octanol–water partition coefficient (Wildman–Crippen LogP) is 4.84. The molecule has 0 fully saturated rings. The molecule has 1 heterocycles. The highest BCUT2D eigenvalue weighted by Gasteiger charge is 2.16. The van der Waals surface area contributed by atoms with Gasteiger partial charge in [0.2, 0.25) is 5.91 Å². The van der Waals surface area contributed by atoms with Crippen molar-refractivity contribution in [3.63, 3.8) is 0 Å². The van der Waals surface area contributed by atoms with E-state index in [-0.39, 0.29) is 18.3 Å². The highest BCUT2D eigenvalue weighted by atomic mass is 16.5. The highest BCUT2D eigenvalue weighted by Crippen LogP contribution is 2.33. The molecule has 152 valence electrons. The Kier molecular flexibility index (Phi) is 5.34. The van der Waals surface area contributed by atoms with E-state index >= 15 is 0 Å². The Morgan fingerprint density at radius 2 is 1.90 bits per heavy atom. The fraction of sp³-hybridized carbons (Fsp3) is 0.174. The molecule has 0 unspecified atom stereocenters. The third-order valence-electron chi connectivity index (χ3n) is 4.50. The molecule has 0 aliphatic heterocycles. The smallest absolute Gasteiger partial charge is 0.312 e. The van der Waals surface area contributed by atoms with Crippen LogP contribution in [0.4, 0.5) is 5.69 Å². The normalized spacial score (nSPS) is 10.9. The Morgan fingerprint density at radius 1 is 1.07 bits per heavy atom. The van der Waals surface area contributed by atoms with E-state index in [1.807, 2.05) is 42.5 Å². The van der Waals surface area contributed by atoms with Crippen molar-refractivity contribution in [2.75, 3.05) is 11.9 Å². The SMILES string of the molecule is CCOC(=O)Cc1noc2ccc3cc(Oc4cccc(NC(C)=O)c4)ccc3c12. The molecule has 7 heteroatoms. The monoisotopic (exact) mass is 404 g/mol. The van der Waals surface area contributed by atoms with Crippen molar-refractivity contribution < 1.29 is 23.6 Å². The van der Waals surface area contributed by atoms with Crippen LogP contribution in [0.1, 0.15) is 19.5 Å². The molecule has 0 spiro atoms. The molecule has 1 amide bonds. The van der Waals surface area contributed by atoms with E-state index in [1.54, 1.807) is 19.1 Å². The second kappa shape index (κ2) is 8.24. The van der Waals surface area contributed by atoms with Gasteiger partial charge in [0.25, 0.3) is 0 Å². The number of anilines is 1. The van der Waals surface area contributed by atoms with Crippen LogP contribution in [0.2, 0.25) is 0 Å². The molecule has 0 aliphatic rings. The standard InChI is InChI=1S/C23H20N2O5/c1-3-28-22(27)13-20-23-19-9-8-18(11-15(19)7-10-21(23)30-25-20)29-17-6-4-5-16(12-17)24-14(2)26/h4-12H,3,13H2,1-2H3,(H,24,26). The number of ether oxygens (including phenoxy) is 2. The van der Waals surface area contributed by atoms with Crippen molar-refractivity contribution in [1.82, 2.24) is 5.16 Å². The van der Waals surface area contributed by atoms with Crippen molar-refractivity contribution >= 4 is 39.3 Å². The van der Waals surface area contributed by atoms with Crippen molar-refractivity contribution in [2.45, 2.75) is 20.3 Å². The molecule has 0 radical (unpaired) electrons. The fourth-order valence-corrected chi connectivity index (χ4v) is 3.32. The summed E-state index contributed by atoms with van der Waals surface area (Å²) in [5.74, 6) is 0.762. The zero-order chi connectivity index (χ0) is 21.1. The van der Waals surface area contributed by atoms with Crippen LogP contribution in [0, 0.1) is 0 Å². The molecule has 30 heavy (non-hydrogen) atoms. The van der Waals surface area contributed by atoms with Crippen molar-refractivity contribution in [2.24, 2.45) is 0 Å². The summed E-state index contributed by atoms with van der Waals surface area (Å²) in [6, 6.07) is 16.6. The van der Waals surface area contributed by atoms with E-state index in [0.717, 1.165) is 16.2 Å². The van der Waals surface area contributed by atoms with Crippen molar-refractivity contribution in [1.29, 1.82) is 0 Å². The number of nitrogens with one attached hydrogen (secondary N) is 1. The molecule has 1 aromatic heterocycles. The first-order chi connectivity index (χ1) is 14.5. The van der Waals surface area contributed by atoms with Gasteiger partial charge in [0, 0.05) is 18.7 Å². The lowest BCUT2D eigenvalue weighted by molar-refractivity contribution is -0.142. The lowest BCUT2D eigenvalue weighted by Gasteiger charge is -2.09. The lowest BCUT2D eigenvalue weighted by Crippen LogP contribution is -2.07. The number of carbonyl (C=O) groups is 2. The summed E-state index contributed by atoms with van der Waals surface area (Å²) in [6.07, 6.45) is 0.0497. The van der Waals surface area contributed by atoms with Crippen molar-refractivity contribution in [3.05, 3.63) is 60.3 Å². The number of rotatable bonds is 6. The molecule has 0 aliphatic carbocycles. The summed E-state index contributed by atoms with van der Waals surface area (Å²) in [7, 11) is 0. The number of hydrogen-bond acceptors (Lipinski definition) is 6. The first-order valence-electron chi connectivity index (χ1n) is 9.55. The maximum atomic E-state index is 11.9. The third-order valence-corrected chi connectivity index (χ3v) is 4.50. The van der Waals surface area contributed by atoms with Crippen LogP contribution in [-0.2, 0) is 20.7 Å². The van der Waals surface area contributed by atoms with Gasteiger partial charge in [0.05, 0.1) is 18.4 Å². The average Bonchev–Trinajstić information content (AvgIpc) is 3.11. The van der Waals surface area contributed by atoms with Gasteiger partial charge in [-0.1, -0.05) is 17.3 Å². The van der Waals surface area contributed by atoms with Crippen LogP contribution in [0.5, 0.6) is 11.5 Å². The van der Waals surface area contributed by atoms with E-state index in [9.17, 15) is 9.59 Å². The minimum absolute atomic E-state index is 0.0497. The molecular formula is C23H20N2O5. The Balaban J connectivity index is 1.65. The zero-order valence-electron chi connectivity index (χ0n) is 16.6. The Hall–Kier alpha value is -3.87. The lowest BCUT2D eigenvalue weighted by atomic mass is 10.0. The number of carbonyl (C=O) groups excluding carboxylic acids is 2. The molecule has 4 rings (SSSR count). The Labute approximate surface area is 172 Å². The Bertz CT molecular complexity index is 1250. The maximum Gasteiger partial charge on any atom is 0.312 e. The summed E-state index contributed by atoms with van der Waals surface area (Å²) < 4.78 is 16.4. The molecular weight excluding hydrogens is 384 g/mol. The molecule has 1 N–H and O–H groups in total. The first kappa shape index (κ1) is 19.4. The summed E-state index contributed by atoms with van der Waals surface area (Å²) in [5, 5.41) is 9.41. The van der Waals surface area contributed by atoms with Crippen molar-refractivity contribution in [3.8, 4) is 11.5 Å². The third kappa shape index (κ3) is 4.10. The van der Waals surface area contributed by atoms with E-state index in [2.05, 4.69) is 10.5 Å². The van der Waals surface area contributed by atoms with E-state index in [0.29, 0.717) is 35.1 Å². The van der Waals surface area contributed by atoms with Crippen LogP contribution in [-0.4, -0.2) is 23.6 Å². The Morgan fingerprint density at radius 3 is 2.70 bits per heavy atom. The molecule has 7 nitrogen and oxygen atoms in total. The van der Waals surface area contributed by atoms with E-state index in [4.69, 9.17) is 14.0 Å². The summed E-state index contributed by atoms with van der Waals surface area (Å²) in [5.41, 5.74) is 1.82. The van der Waals surface area contributed by atoms with Gasteiger partial charge >= 0.3 is 5.97 Å². The van der Waals surface area contributed by atoms with E-state index in [1.165, 1.54) is 6.92 Å². The van der Waals surface area contributed by atoms with Gasteiger partial charge in [0.15, 0.2) is 5.58 Å². The molecule has 3 aromatic carbocycles. The molecule has 0 atom stereocenters. The van der Waals surface area contributed by atoms with Gasteiger partial charge in [-0.05, 0) is 54.1 Å². The summed E-state index contributed by atoms with van der Waals surface area (Å²) in [4.78, 5) is 23.1. The summed E-state index contributed by atoms with van der Waals surface area (Å²) >= 11 is 0. The highest BCUT2D eigenvalue weighted by molar-refractivity contribution is 6.08. The number of nitrogens with zero attached hydrogens (tertiary/aromatic N) is 1. The minimum atomic E-state index is -0.344. The number of benzene rings is 3. The maximum absolute atomic E-state index is 11.9. The molecule has 0 saturated carbocycles. The van der Waals surface area contributed by atoms with Crippen LogP contribution in [0.3, 0.4) is 0 Å². The number of esters is 1. The van der Waals surface area contributed by atoms with E-state index < -0.39 is 0 Å². The first-order valence-corrected chi connectivity index (χ1v) is 9.55. The zero-order valence-corrected chi connectivity index (χ0v) is 16.6. The molecule has 0 bridgehead atoms. The second-order valence-electron chi connectivity index (χ2n) is 6.74. The fourth-order valence-electron chi connectivity index (χ4n) is 3.32. The van der Waals surface area contributed by atoms with Crippen LogP contribution < -0.4 is 10.1 Å². The number of fused-ring (bicyclic) bond motifs is 3. The summed E-state index contributed by atoms with van der Waals surface area (Å²) in [6.45, 7) is 3.54. The molecule has 4 aromatic rings. The van der Waals surface area contributed by atoms with Crippen LogP contribution in [0.25, 0.3) is 21.7 Å². The number of hydrogen-bond donors (Lipinski definition) is 1. The quantitative estimate of drug-likeness (QED) is 0.463. The van der Waals surface area contributed by atoms with Gasteiger partial charge in [-0.3, -0.25) is 9.59 Å². The second-order valence-corrected chi connectivity index (χ2v) is 6.74. The van der Waals surface area contributed by atoms with Gasteiger partial charge in [-0.15, -0.1) is 0 Å². The minimum Gasteiger partial charge on any atom is -0.466 e. The number of amides is 1. The largest absolute Gasteiger partial charge is 0.466 e. The predicted molar refractivity (Wildman–Crippen MR) is 113 cm³/mol. The van der Waals surface area contributed by atoms with Crippen LogP contribution >= 0.6 is 0 Å². The van der Waals surface area contributed by atoms with Gasteiger partial charge in [-0.25, -0.2) is 0 Å². The molecule has 0 saturated heterocycles. The van der Waals surface area contributed by atoms with Crippen LogP contribution in [0.15, 0.2) is 59.1 Å². The van der Waals surface area contributed by atoms with Gasteiger partial charge in [-0.2, -0.15) is 0 Å². The number of aromatic nitrogens is 1. The average molecular weight is 404 g/mol.